The Labute approximate surface area is 142 Å². The molecule has 0 spiro atoms. The van der Waals surface area contributed by atoms with Gasteiger partial charge in [-0.15, -0.1) is 0 Å². The smallest absolute Gasteiger partial charge is 0.129 e. The highest BCUT2D eigenvalue weighted by Crippen LogP contribution is 2.24. The van der Waals surface area contributed by atoms with Crippen LogP contribution >= 0.6 is 12.2 Å². The Morgan fingerprint density at radius 1 is 0.913 bits per heavy atom. The summed E-state index contributed by atoms with van der Waals surface area (Å²) >= 11 is 5.47. The minimum absolute atomic E-state index is 0.647. The predicted molar refractivity (Wildman–Crippen MR) is 95.9 cm³/mol. The Kier molecular flexibility index (Phi) is 6.23. The first kappa shape index (κ1) is 17.1. The standard InChI is InChI=1S/C18H21NO3S/c1-20-14-6-4-13(5-7-14)10-11-19-18(23)16-12-15(21-2)8-9-17(16)22-3/h4-9,12H,10-11H2,1-3H3,(H,19,23). The van der Waals surface area contributed by atoms with Gasteiger partial charge in [-0.2, -0.15) is 0 Å². The minimum Gasteiger partial charge on any atom is -0.497 e. The minimum atomic E-state index is 0.647. The van der Waals surface area contributed by atoms with Crippen LogP contribution in [0.25, 0.3) is 0 Å². The molecule has 0 aliphatic carbocycles. The van der Waals surface area contributed by atoms with Crippen LogP contribution < -0.4 is 19.5 Å². The van der Waals surface area contributed by atoms with E-state index in [0.29, 0.717) is 4.99 Å². The number of nitrogens with one attached hydrogen (secondary N) is 1. The fraction of sp³-hybridized carbons (Fsp3) is 0.278. The number of hydrogen-bond acceptors (Lipinski definition) is 4. The lowest BCUT2D eigenvalue weighted by Crippen LogP contribution is -2.25. The van der Waals surface area contributed by atoms with Crippen molar-refractivity contribution in [2.45, 2.75) is 6.42 Å². The number of methoxy groups -OCH3 is 3. The zero-order valence-electron chi connectivity index (χ0n) is 13.6. The van der Waals surface area contributed by atoms with Crippen LogP contribution in [-0.4, -0.2) is 32.9 Å². The van der Waals surface area contributed by atoms with Crippen LogP contribution in [0.2, 0.25) is 0 Å². The van der Waals surface area contributed by atoms with Gasteiger partial charge in [-0.3, -0.25) is 0 Å². The van der Waals surface area contributed by atoms with E-state index in [2.05, 4.69) is 17.4 Å². The molecule has 0 aliphatic heterocycles. The van der Waals surface area contributed by atoms with Gasteiger partial charge in [-0.1, -0.05) is 24.4 Å². The van der Waals surface area contributed by atoms with Crippen molar-refractivity contribution < 1.29 is 14.2 Å². The highest BCUT2D eigenvalue weighted by Gasteiger charge is 2.10. The molecular weight excluding hydrogens is 310 g/mol. The van der Waals surface area contributed by atoms with Crippen LogP contribution in [0.5, 0.6) is 17.2 Å². The fourth-order valence-electron chi connectivity index (χ4n) is 2.20. The first-order valence-electron chi connectivity index (χ1n) is 7.31. The van der Waals surface area contributed by atoms with Crippen molar-refractivity contribution in [1.29, 1.82) is 0 Å². The molecule has 0 aromatic heterocycles. The molecule has 2 rings (SSSR count). The molecule has 4 nitrogen and oxygen atoms in total. The van der Waals surface area contributed by atoms with Gasteiger partial charge in [0.25, 0.3) is 0 Å². The van der Waals surface area contributed by atoms with Crippen LogP contribution in [0.3, 0.4) is 0 Å². The first-order chi connectivity index (χ1) is 11.2. The third kappa shape index (κ3) is 4.60. The fourth-order valence-corrected chi connectivity index (χ4v) is 2.46. The molecule has 0 aliphatic rings. The summed E-state index contributed by atoms with van der Waals surface area (Å²) in [6, 6.07) is 13.6. The average Bonchev–Trinajstić information content (AvgIpc) is 2.61. The van der Waals surface area contributed by atoms with Crippen LogP contribution in [0.15, 0.2) is 42.5 Å². The first-order valence-corrected chi connectivity index (χ1v) is 7.72. The number of rotatable bonds is 7. The van der Waals surface area contributed by atoms with E-state index in [9.17, 15) is 0 Å². The topological polar surface area (TPSA) is 39.7 Å². The van der Waals surface area contributed by atoms with E-state index in [4.69, 9.17) is 26.4 Å². The van der Waals surface area contributed by atoms with Gasteiger partial charge >= 0.3 is 0 Å². The van der Waals surface area contributed by atoms with E-state index in [-0.39, 0.29) is 0 Å². The van der Waals surface area contributed by atoms with Gasteiger partial charge in [-0.05, 0) is 42.3 Å². The van der Waals surface area contributed by atoms with E-state index >= 15 is 0 Å². The maximum absolute atomic E-state index is 5.47. The lowest BCUT2D eigenvalue weighted by atomic mass is 10.1. The van der Waals surface area contributed by atoms with Gasteiger partial charge in [0.15, 0.2) is 0 Å². The van der Waals surface area contributed by atoms with Gasteiger partial charge in [0.05, 0.1) is 26.9 Å². The summed E-state index contributed by atoms with van der Waals surface area (Å²) < 4.78 is 15.8. The average molecular weight is 331 g/mol. The molecule has 0 radical (unpaired) electrons. The third-order valence-electron chi connectivity index (χ3n) is 3.51. The summed E-state index contributed by atoms with van der Waals surface area (Å²) in [7, 11) is 4.92. The van der Waals surface area contributed by atoms with Gasteiger partial charge in [0.1, 0.15) is 22.2 Å². The normalized spacial score (nSPS) is 10.0. The second-order valence-electron chi connectivity index (χ2n) is 4.92. The number of thiocarbonyl (C=S) groups is 1. The molecule has 23 heavy (non-hydrogen) atoms. The second kappa shape index (κ2) is 8.39. The van der Waals surface area contributed by atoms with E-state index in [1.54, 1.807) is 21.3 Å². The molecule has 5 heteroatoms. The number of benzene rings is 2. The van der Waals surface area contributed by atoms with Crippen LogP contribution in [-0.2, 0) is 6.42 Å². The number of ether oxygens (including phenoxy) is 3. The van der Waals surface area contributed by atoms with Crippen molar-refractivity contribution in [2.75, 3.05) is 27.9 Å². The Morgan fingerprint density at radius 2 is 1.57 bits per heavy atom. The summed E-state index contributed by atoms with van der Waals surface area (Å²) in [5, 5.41) is 3.27. The van der Waals surface area contributed by atoms with Crippen molar-refractivity contribution in [2.24, 2.45) is 0 Å². The molecule has 122 valence electrons. The van der Waals surface area contributed by atoms with Gasteiger partial charge in [0.2, 0.25) is 0 Å². The molecule has 0 heterocycles. The van der Waals surface area contributed by atoms with Crippen molar-refractivity contribution >= 4 is 17.2 Å². The summed E-state index contributed by atoms with van der Waals surface area (Å²) in [5.41, 5.74) is 2.05. The van der Waals surface area contributed by atoms with Crippen LogP contribution in [0, 0.1) is 0 Å². The maximum atomic E-state index is 5.47. The van der Waals surface area contributed by atoms with E-state index in [1.807, 2.05) is 30.3 Å². The molecule has 2 aromatic rings. The molecule has 0 saturated heterocycles. The summed E-state index contributed by atoms with van der Waals surface area (Å²) in [4.78, 5) is 0.647. The Hall–Kier alpha value is -2.27. The molecule has 1 N–H and O–H groups in total. The van der Waals surface area contributed by atoms with Crippen LogP contribution in [0.1, 0.15) is 11.1 Å². The van der Waals surface area contributed by atoms with E-state index in [1.165, 1.54) is 5.56 Å². The zero-order chi connectivity index (χ0) is 16.7. The Morgan fingerprint density at radius 3 is 2.17 bits per heavy atom. The van der Waals surface area contributed by atoms with Crippen molar-refractivity contribution in [3.05, 3.63) is 53.6 Å². The van der Waals surface area contributed by atoms with Crippen LogP contribution in [0.4, 0.5) is 0 Å². The predicted octanol–water partition coefficient (Wildman–Crippen LogP) is 3.22. The summed E-state index contributed by atoms with van der Waals surface area (Å²) in [5.74, 6) is 2.34. The SMILES string of the molecule is COc1ccc(CCNC(=S)c2cc(OC)ccc2OC)cc1. The molecule has 0 atom stereocenters. The Bertz CT molecular complexity index is 656. The van der Waals surface area contributed by atoms with E-state index < -0.39 is 0 Å². The highest BCUT2D eigenvalue weighted by atomic mass is 32.1. The summed E-state index contributed by atoms with van der Waals surface area (Å²) in [6.07, 6.45) is 0.871. The molecule has 0 saturated carbocycles. The molecule has 0 unspecified atom stereocenters. The lowest BCUT2D eigenvalue weighted by Gasteiger charge is -2.13. The monoisotopic (exact) mass is 331 g/mol. The quantitative estimate of drug-likeness (QED) is 0.789. The molecular formula is C18H21NO3S. The van der Waals surface area contributed by atoms with Crippen molar-refractivity contribution in [3.63, 3.8) is 0 Å². The Balaban J connectivity index is 1.96. The van der Waals surface area contributed by atoms with Crippen molar-refractivity contribution in [3.8, 4) is 17.2 Å². The van der Waals surface area contributed by atoms with Gasteiger partial charge in [-0.25, -0.2) is 0 Å². The van der Waals surface area contributed by atoms with E-state index in [0.717, 1.165) is 35.8 Å². The largest absolute Gasteiger partial charge is 0.497 e. The zero-order valence-corrected chi connectivity index (χ0v) is 14.4. The molecule has 2 aromatic carbocycles. The lowest BCUT2D eigenvalue weighted by molar-refractivity contribution is 0.402. The molecule has 0 amide bonds. The second-order valence-corrected chi connectivity index (χ2v) is 5.33. The number of hydrogen-bond donors (Lipinski definition) is 1. The summed E-state index contributed by atoms with van der Waals surface area (Å²) in [6.45, 7) is 0.742. The molecule has 0 fully saturated rings. The van der Waals surface area contributed by atoms with Gasteiger partial charge in [0, 0.05) is 6.54 Å². The molecule has 0 bridgehead atoms. The third-order valence-corrected chi connectivity index (χ3v) is 3.87. The highest BCUT2D eigenvalue weighted by molar-refractivity contribution is 7.80. The van der Waals surface area contributed by atoms with Crippen molar-refractivity contribution in [1.82, 2.24) is 5.32 Å². The van der Waals surface area contributed by atoms with Gasteiger partial charge < -0.3 is 19.5 Å². The maximum Gasteiger partial charge on any atom is 0.129 e.